The highest BCUT2D eigenvalue weighted by atomic mass is 16.6. The number of nitrogens with two attached hydrogens (primary N) is 1. The Morgan fingerprint density at radius 1 is 1.37 bits per heavy atom. The number of nitrogens with zero attached hydrogens (tertiary/aromatic N) is 3. The summed E-state index contributed by atoms with van der Waals surface area (Å²) in [6.45, 7) is 0.976. The third-order valence-corrected chi connectivity index (χ3v) is 2.58. The van der Waals surface area contributed by atoms with Crippen LogP contribution in [0.4, 0.5) is 11.5 Å². The minimum atomic E-state index is -0.542. The summed E-state index contributed by atoms with van der Waals surface area (Å²) in [5.74, 6) is 0.867. The second kappa shape index (κ2) is 5.85. The number of para-hydroxylation sites is 1. The van der Waals surface area contributed by atoms with Crippen molar-refractivity contribution in [1.82, 2.24) is 9.78 Å². The molecule has 0 spiro atoms. The predicted octanol–water partition coefficient (Wildman–Crippen LogP) is 1.84. The second-order valence-corrected chi connectivity index (χ2v) is 3.91. The van der Waals surface area contributed by atoms with Gasteiger partial charge in [0.05, 0.1) is 11.5 Å². The molecule has 0 saturated heterocycles. The summed E-state index contributed by atoms with van der Waals surface area (Å²) in [5, 5.41) is 14.5. The van der Waals surface area contributed by atoms with E-state index in [1.807, 2.05) is 30.3 Å². The number of anilines is 1. The Morgan fingerprint density at radius 2 is 2.11 bits per heavy atom. The number of nitrogen functional groups attached to an aromatic ring is 1. The zero-order valence-electron chi connectivity index (χ0n) is 10.2. The van der Waals surface area contributed by atoms with E-state index in [1.54, 1.807) is 0 Å². The highest BCUT2D eigenvalue weighted by Crippen LogP contribution is 2.19. The third-order valence-electron chi connectivity index (χ3n) is 2.58. The molecule has 0 saturated carbocycles. The number of aryl methyl sites for hydroxylation is 1. The molecule has 0 atom stereocenters. The van der Waals surface area contributed by atoms with Gasteiger partial charge in [-0.05, 0) is 12.1 Å². The molecule has 0 amide bonds. The molecule has 1 aromatic carbocycles. The average Bonchev–Trinajstić information content (AvgIpc) is 2.77. The summed E-state index contributed by atoms with van der Waals surface area (Å²) in [4.78, 5) is 10.1. The molecule has 0 aliphatic heterocycles. The molecule has 0 unspecified atom stereocenters. The van der Waals surface area contributed by atoms with Gasteiger partial charge in [-0.3, -0.25) is 10.1 Å². The molecule has 7 heteroatoms. The van der Waals surface area contributed by atoms with Crippen LogP contribution < -0.4 is 10.5 Å². The Hall–Kier alpha value is -2.57. The Balaban J connectivity index is 1.82. The van der Waals surface area contributed by atoms with Crippen molar-refractivity contribution in [2.24, 2.45) is 0 Å². The van der Waals surface area contributed by atoms with Crippen molar-refractivity contribution in [3.63, 3.8) is 0 Å². The van der Waals surface area contributed by atoms with E-state index in [2.05, 4.69) is 5.10 Å². The van der Waals surface area contributed by atoms with Crippen LogP contribution in [-0.2, 0) is 6.54 Å². The molecule has 2 rings (SSSR count). The van der Waals surface area contributed by atoms with E-state index >= 15 is 0 Å². The van der Waals surface area contributed by atoms with E-state index in [0.29, 0.717) is 19.6 Å². The van der Waals surface area contributed by atoms with Gasteiger partial charge in [0.1, 0.15) is 11.9 Å². The smallest absolute Gasteiger partial charge is 0.330 e. The first-order valence-corrected chi connectivity index (χ1v) is 5.82. The average molecular weight is 262 g/mol. The lowest BCUT2D eigenvalue weighted by Gasteiger charge is -2.06. The van der Waals surface area contributed by atoms with Crippen LogP contribution in [0.5, 0.6) is 5.75 Å². The summed E-state index contributed by atoms with van der Waals surface area (Å²) >= 11 is 0. The molecule has 100 valence electrons. The lowest BCUT2D eigenvalue weighted by atomic mass is 10.3. The fourth-order valence-corrected chi connectivity index (χ4v) is 1.62. The first-order valence-electron chi connectivity index (χ1n) is 5.82. The molecule has 2 N–H and O–H groups in total. The fraction of sp³-hybridized carbons (Fsp3) is 0.250. The van der Waals surface area contributed by atoms with Gasteiger partial charge in [0, 0.05) is 13.0 Å². The summed E-state index contributed by atoms with van der Waals surface area (Å²) in [6, 6.07) is 9.44. The number of rotatable bonds is 6. The first kappa shape index (κ1) is 12.9. The fourth-order valence-electron chi connectivity index (χ4n) is 1.62. The van der Waals surface area contributed by atoms with Gasteiger partial charge in [-0.15, -0.1) is 0 Å². The number of hydrogen-bond acceptors (Lipinski definition) is 5. The van der Waals surface area contributed by atoms with E-state index in [9.17, 15) is 10.1 Å². The van der Waals surface area contributed by atoms with Crippen molar-refractivity contribution in [3.05, 3.63) is 46.6 Å². The first-order chi connectivity index (χ1) is 9.18. The van der Waals surface area contributed by atoms with Crippen molar-refractivity contribution in [1.29, 1.82) is 0 Å². The van der Waals surface area contributed by atoms with Crippen LogP contribution in [0.15, 0.2) is 36.5 Å². The summed E-state index contributed by atoms with van der Waals surface area (Å²) < 4.78 is 6.92. The van der Waals surface area contributed by atoms with Crippen LogP contribution in [0, 0.1) is 10.1 Å². The molecule has 1 aromatic heterocycles. The predicted molar refractivity (Wildman–Crippen MR) is 69.8 cm³/mol. The molecular formula is C12H14N4O3. The Labute approximate surface area is 109 Å². The van der Waals surface area contributed by atoms with E-state index in [4.69, 9.17) is 10.5 Å². The van der Waals surface area contributed by atoms with Crippen LogP contribution in [0.2, 0.25) is 0 Å². The highest BCUT2D eigenvalue weighted by Gasteiger charge is 2.16. The van der Waals surface area contributed by atoms with Crippen LogP contribution in [0.1, 0.15) is 6.42 Å². The van der Waals surface area contributed by atoms with Crippen LogP contribution in [-0.4, -0.2) is 21.3 Å². The Bertz CT molecular complexity index is 553. The normalized spacial score (nSPS) is 10.3. The minimum absolute atomic E-state index is 0.0738. The maximum atomic E-state index is 10.6. The zero-order chi connectivity index (χ0) is 13.7. The summed E-state index contributed by atoms with van der Waals surface area (Å²) in [7, 11) is 0. The van der Waals surface area contributed by atoms with E-state index in [1.165, 1.54) is 4.68 Å². The largest absolute Gasteiger partial charge is 0.494 e. The van der Waals surface area contributed by atoms with E-state index < -0.39 is 4.92 Å². The Morgan fingerprint density at radius 3 is 2.74 bits per heavy atom. The van der Waals surface area contributed by atoms with Crippen molar-refractivity contribution >= 4 is 11.5 Å². The zero-order valence-corrected chi connectivity index (χ0v) is 10.2. The van der Waals surface area contributed by atoms with Gasteiger partial charge >= 0.3 is 5.69 Å². The molecule has 0 radical (unpaired) electrons. The van der Waals surface area contributed by atoms with Gasteiger partial charge in [0.2, 0.25) is 5.82 Å². The molecule has 19 heavy (non-hydrogen) atoms. The molecule has 0 aliphatic carbocycles. The van der Waals surface area contributed by atoms with Crippen LogP contribution in [0.3, 0.4) is 0 Å². The van der Waals surface area contributed by atoms with Gasteiger partial charge in [-0.2, -0.15) is 5.10 Å². The molecular weight excluding hydrogens is 248 g/mol. The maximum absolute atomic E-state index is 10.6. The van der Waals surface area contributed by atoms with Gasteiger partial charge in [-0.1, -0.05) is 18.2 Å². The molecule has 7 nitrogen and oxygen atoms in total. The van der Waals surface area contributed by atoms with Gasteiger partial charge < -0.3 is 10.5 Å². The third kappa shape index (κ3) is 3.21. The molecule has 1 heterocycles. The summed E-state index contributed by atoms with van der Waals surface area (Å²) in [5.41, 5.74) is 5.45. The molecule has 2 aromatic rings. The lowest BCUT2D eigenvalue weighted by molar-refractivity contribution is -0.384. The maximum Gasteiger partial charge on any atom is 0.330 e. The van der Waals surface area contributed by atoms with Crippen LogP contribution in [0.25, 0.3) is 0 Å². The highest BCUT2D eigenvalue weighted by molar-refractivity contribution is 5.51. The number of nitro groups is 1. The number of benzene rings is 1. The van der Waals surface area contributed by atoms with Gasteiger partial charge in [-0.25, -0.2) is 4.68 Å². The number of aromatic nitrogens is 2. The quantitative estimate of drug-likeness (QED) is 0.486. The second-order valence-electron chi connectivity index (χ2n) is 3.91. The number of hydrogen-bond donors (Lipinski definition) is 1. The minimum Gasteiger partial charge on any atom is -0.494 e. The van der Waals surface area contributed by atoms with Gasteiger partial charge in [0.15, 0.2) is 0 Å². The van der Waals surface area contributed by atoms with Crippen molar-refractivity contribution < 1.29 is 9.66 Å². The van der Waals surface area contributed by atoms with Crippen molar-refractivity contribution in [3.8, 4) is 5.75 Å². The lowest BCUT2D eigenvalue weighted by Crippen LogP contribution is -2.09. The van der Waals surface area contributed by atoms with Crippen molar-refractivity contribution in [2.45, 2.75) is 13.0 Å². The topological polar surface area (TPSA) is 96.2 Å². The van der Waals surface area contributed by atoms with Crippen LogP contribution >= 0.6 is 0 Å². The molecule has 0 fully saturated rings. The number of ether oxygens (including phenoxy) is 1. The standard InChI is InChI=1S/C12H14N4O3/c13-12-11(16(17)18)9-14-15(12)7-4-8-19-10-5-2-1-3-6-10/h1-3,5-6,9H,4,7-8,13H2. The van der Waals surface area contributed by atoms with Gasteiger partial charge in [0.25, 0.3) is 0 Å². The van der Waals surface area contributed by atoms with E-state index in [0.717, 1.165) is 11.9 Å². The Kier molecular flexibility index (Phi) is 3.97. The summed E-state index contributed by atoms with van der Waals surface area (Å²) in [6.07, 6.45) is 1.82. The SMILES string of the molecule is Nc1c([N+](=O)[O-])cnn1CCCOc1ccccc1. The van der Waals surface area contributed by atoms with Crippen molar-refractivity contribution in [2.75, 3.05) is 12.3 Å². The molecule has 0 bridgehead atoms. The van der Waals surface area contributed by atoms with E-state index in [-0.39, 0.29) is 11.5 Å². The molecule has 0 aliphatic rings. The monoisotopic (exact) mass is 262 g/mol.